The highest BCUT2D eigenvalue weighted by atomic mass is 32.1. The van der Waals surface area contributed by atoms with Crippen LogP contribution in [0, 0.1) is 0 Å². The average molecular weight is 306 g/mol. The van der Waals surface area contributed by atoms with Crippen LogP contribution in [0.5, 0.6) is 5.75 Å². The first kappa shape index (κ1) is 15.9. The van der Waals surface area contributed by atoms with Gasteiger partial charge in [0.15, 0.2) is 0 Å². The normalized spacial score (nSPS) is 12.3. The van der Waals surface area contributed by atoms with Gasteiger partial charge in [0.1, 0.15) is 17.4 Å². The second kappa shape index (κ2) is 8.12. The summed E-state index contributed by atoms with van der Waals surface area (Å²) in [6, 6.07) is 8.64. The van der Waals surface area contributed by atoms with Gasteiger partial charge in [-0.3, -0.25) is 0 Å². The number of rotatable bonds is 8. The molecule has 1 aromatic carbocycles. The lowest BCUT2D eigenvalue weighted by atomic mass is 10.2. The lowest BCUT2D eigenvalue weighted by Gasteiger charge is -2.11. The third-order valence-electron chi connectivity index (χ3n) is 3.31. The van der Waals surface area contributed by atoms with Gasteiger partial charge in [0.05, 0.1) is 12.3 Å². The molecule has 2 aromatic rings. The molecule has 0 amide bonds. The van der Waals surface area contributed by atoms with Crippen LogP contribution in [-0.2, 0) is 19.8 Å². The number of aliphatic hydroxyl groups excluding tert-OH is 1. The van der Waals surface area contributed by atoms with Crippen molar-refractivity contribution in [1.82, 2.24) is 10.3 Å². The Labute approximate surface area is 129 Å². The number of aromatic nitrogens is 1. The molecule has 1 unspecified atom stereocenters. The van der Waals surface area contributed by atoms with Crippen molar-refractivity contribution in [3.8, 4) is 5.75 Å². The molecule has 114 valence electrons. The van der Waals surface area contributed by atoms with Crippen molar-refractivity contribution in [3.05, 3.63) is 45.9 Å². The fourth-order valence-corrected chi connectivity index (χ4v) is 2.47. The Morgan fingerprint density at radius 3 is 2.71 bits per heavy atom. The van der Waals surface area contributed by atoms with Crippen LogP contribution in [0.2, 0.25) is 0 Å². The van der Waals surface area contributed by atoms with Gasteiger partial charge in [-0.05, 0) is 31.0 Å². The maximum Gasteiger partial charge on any atom is 0.140 e. The van der Waals surface area contributed by atoms with Crippen molar-refractivity contribution >= 4 is 11.3 Å². The van der Waals surface area contributed by atoms with Gasteiger partial charge in [-0.1, -0.05) is 19.1 Å². The summed E-state index contributed by atoms with van der Waals surface area (Å²) in [6.07, 6.45) is 1.13. The third kappa shape index (κ3) is 5.12. The zero-order valence-electron chi connectivity index (χ0n) is 12.5. The number of hydrogen-bond donors (Lipinski definition) is 2. The molecule has 1 aromatic heterocycles. The standard InChI is InChI=1S/C16H22N2O2S/c1-3-12(2)17-8-13-4-6-15(7-5-13)20-10-16-18-14(9-19)11-21-16/h4-7,11-12,17,19H,3,8-10H2,1-2H3. The monoisotopic (exact) mass is 306 g/mol. The highest BCUT2D eigenvalue weighted by Gasteiger charge is 2.03. The molecule has 4 nitrogen and oxygen atoms in total. The second-order valence-corrected chi connectivity index (χ2v) is 5.96. The van der Waals surface area contributed by atoms with Gasteiger partial charge in [-0.2, -0.15) is 0 Å². The molecule has 1 atom stereocenters. The molecule has 0 saturated carbocycles. The van der Waals surface area contributed by atoms with Crippen molar-refractivity contribution in [3.63, 3.8) is 0 Å². The van der Waals surface area contributed by atoms with Crippen LogP contribution < -0.4 is 10.1 Å². The van der Waals surface area contributed by atoms with E-state index < -0.39 is 0 Å². The van der Waals surface area contributed by atoms with Crippen LogP contribution in [0.3, 0.4) is 0 Å². The molecule has 0 radical (unpaired) electrons. The van der Waals surface area contributed by atoms with Crippen LogP contribution in [0.25, 0.3) is 0 Å². The van der Waals surface area contributed by atoms with Crippen LogP contribution in [-0.4, -0.2) is 16.1 Å². The number of hydrogen-bond acceptors (Lipinski definition) is 5. The second-order valence-electron chi connectivity index (χ2n) is 5.01. The molecule has 5 heteroatoms. The van der Waals surface area contributed by atoms with Crippen molar-refractivity contribution in [2.75, 3.05) is 0 Å². The van der Waals surface area contributed by atoms with E-state index in [1.165, 1.54) is 16.9 Å². The van der Waals surface area contributed by atoms with Crippen molar-refractivity contribution in [2.45, 2.75) is 46.1 Å². The van der Waals surface area contributed by atoms with Crippen molar-refractivity contribution < 1.29 is 9.84 Å². The molecule has 0 saturated heterocycles. The van der Waals surface area contributed by atoms with E-state index in [4.69, 9.17) is 9.84 Å². The smallest absolute Gasteiger partial charge is 0.140 e. The van der Waals surface area contributed by atoms with E-state index in [0.717, 1.165) is 23.7 Å². The zero-order valence-corrected chi connectivity index (χ0v) is 13.3. The number of ether oxygens (including phenoxy) is 1. The predicted octanol–water partition coefficient (Wildman–Crippen LogP) is 3.10. The lowest BCUT2D eigenvalue weighted by Crippen LogP contribution is -2.24. The Morgan fingerprint density at radius 2 is 2.10 bits per heavy atom. The SMILES string of the molecule is CCC(C)NCc1ccc(OCc2nc(CO)cs2)cc1. The predicted molar refractivity (Wildman–Crippen MR) is 85.4 cm³/mol. The fourth-order valence-electron chi connectivity index (χ4n) is 1.77. The minimum absolute atomic E-state index is 0.0195. The van der Waals surface area contributed by atoms with Gasteiger partial charge in [0.25, 0.3) is 0 Å². The lowest BCUT2D eigenvalue weighted by molar-refractivity contribution is 0.275. The third-order valence-corrected chi connectivity index (χ3v) is 4.19. The maximum atomic E-state index is 8.97. The first-order chi connectivity index (χ1) is 10.2. The summed E-state index contributed by atoms with van der Waals surface area (Å²) in [5.41, 5.74) is 1.95. The number of thiazole rings is 1. The van der Waals surface area contributed by atoms with E-state index in [0.29, 0.717) is 18.3 Å². The van der Waals surface area contributed by atoms with Crippen molar-refractivity contribution in [2.24, 2.45) is 0 Å². The van der Waals surface area contributed by atoms with E-state index in [1.807, 2.05) is 17.5 Å². The number of aliphatic hydroxyl groups is 1. The topological polar surface area (TPSA) is 54.4 Å². The van der Waals surface area contributed by atoms with Gasteiger partial charge in [0, 0.05) is 18.0 Å². The van der Waals surface area contributed by atoms with Crippen LogP contribution in [0.1, 0.15) is 36.5 Å². The minimum atomic E-state index is -0.0195. The molecule has 0 aliphatic heterocycles. The molecule has 0 aliphatic carbocycles. The Bertz CT molecular complexity index is 539. The Hall–Kier alpha value is -1.43. The summed E-state index contributed by atoms with van der Waals surface area (Å²) >= 11 is 1.50. The summed E-state index contributed by atoms with van der Waals surface area (Å²) in [5.74, 6) is 0.836. The maximum absolute atomic E-state index is 8.97. The van der Waals surface area contributed by atoms with Gasteiger partial charge in [0.2, 0.25) is 0 Å². The molecule has 2 rings (SSSR count). The van der Waals surface area contributed by atoms with Gasteiger partial charge >= 0.3 is 0 Å². The number of benzene rings is 1. The average Bonchev–Trinajstić information content (AvgIpc) is 2.99. The summed E-state index contributed by atoms with van der Waals surface area (Å²) in [5, 5.41) is 15.2. The van der Waals surface area contributed by atoms with Gasteiger partial charge in [-0.15, -0.1) is 11.3 Å². The first-order valence-electron chi connectivity index (χ1n) is 7.20. The van der Waals surface area contributed by atoms with E-state index in [2.05, 4.69) is 36.3 Å². The van der Waals surface area contributed by atoms with Crippen LogP contribution >= 0.6 is 11.3 Å². The molecule has 0 aliphatic rings. The number of nitrogens with one attached hydrogen (secondary N) is 1. The molecule has 1 heterocycles. The minimum Gasteiger partial charge on any atom is -0.486 e. The van der Waals surface area contributed by atoms with Crippen LogP contribution in [0.4, 0.5) is 0 Å². The molecule has 0 fully saturated rings. The highest BCUT2D eigenvalue weighted by Crippen LogP contribution is 2.16. The van der Waals surface area contributed by atoms with Crippen molar-refractivity contribution in [1.29, 1.82) is 0 Å². The Kier molecular flexibility index (Phi) is 6.17. The van der Waals surface area contributed by atoms with E-state index >= 15 is 0 Å². The summed E-state index contributed by atoms with van der Waals surface area (Å²) in [6.45, 7) is 5.66. The van der Waals surface area contributed by atoms with Gasteiger partial charge < -0.3 is 15.2 Å². The van der Waals surface area contributed by atoms with E-state index in [1.54, 1.807) is 0 Å². The molecular formula is C16H22N2O2S. The fraction of sp³-hybridized carbons (Fsp3) is 0.438. The summed E-state index contributed by atoms with van der Waals surface area (Å²) < 4.78 is 5.70. The largest absolute Gasteiger partial charge is 0.486 e. The van der Waals surface area contributed by atoms with E-state index in [9.17, 15) is 0 Å². The quantitative estimate of drug-likeness (QED) is 0.787. The highest BCUT2D eigenvalue weighted by molar-refractivity contribution is 7.09. The van der Waals surface area contributed by atoms with Crippen LogP contribution in [0.15, 0.2) is 29.6 Å². The Morgan fingerprint density at radius 1 is 1.33 bits per heavy atom. The summed E-state index contributed by atoms with van der Waals surface area (Å²) in [7, 11) is 0. The molecule has 2 N–H and O–H groups in total. The first-order valence-corrected chi connectivity index (χ1v) is 8.08. The Balaban J connectivity index is 1.81. The molecule has 0 spiro atoms. The molecule has 21 heavy (non-hydrogen) atoms. The summed E-state index contributed by atoms with van der Waals surface area (Å²) in [4.78, 5) is 4.25. The number of nitrogens with zero attached hydrogens (tertiary/aromatic N) is 1. The zero-order chi connectivity index (χ0) is 15.1. The van der Waals surface area contributed by atoms with Gasteiger partial charge in [-0.25, -0.2) is 4.98 Å². The molecular weight excluding hydrogens is 284 g/mol. The van der Waals surface area contributed by atoms with E-state index in [-0.39, 0.29) is 6.61 Å². The molecule has 0 bridgehead atoms.